The fourth-order valence-electron chi connectivity index (χ4n) is 4.34. The second kappa shape index (κ2) is 12.8. The molecule has 206 valence electrons. The molecule has 0 aliphatic rings. The molecular weight excluding hydrogens is 556 g/mol. The first-order valence-electron chi connectivity index (χ1n) is 12.8. The molecule has 5 rings (SSSR count). The second-order valence-electron chi connectivity index (χ2n) is 9.13. The summed E-state index contributed by atoms with van der Waals surface area (Å²) in [4.78, 5) is 27.3. The molecule has 0 aliphatic heterocycles. The van der Waals surface area contributed by atoms with E-state index in [1.165, 1.54) is 26.0 Å². The summed E-state index contributed by atoms with van der Waals surface area (Å²) in [6, 6.07) is 33.7. The number of nitrogens with one attached hydrogen (secondary N) is 2. The minimum Gasteiger partial charge on any atom is -0.495 e. The number of benzene rings is 5. The predicted octanol–water partition coefficient (Wildman–Crippen LogP) is 8.23. The van der Waals surface area contributed by atoms with Gasteiger partial charge in [0.15, 0.2) is 0 Å². The van der Waals surface area contributed by atoms with Gasteiger partial charge in [-0.05, 0) is 58.8 Å². The summed E-state index contributed by atoms with van der Waals surface area (Å²) in [7, 11) is 3.03. The number of methoxy groups -OCH3 is 2. The molecule has 5 aromatic carbocycles. The van der Waals surface area contributed by atoms with E-state index in [-0.39, 0.29) is 11.8 Å². The van der Waals surface area contributed by atoms with Gasteiger partial charge in [0.1, 0.15) is 16.7 Å². The molecule has 2 N–H and O–H groups in total. The number of hydrogen-bond acceptors (Lipinski definition) is 5. The molecule has 0 saturated heterocycles. The summed E-state index contributed by atoms with van der Waals surface area (Å²) < 4.78 is 10.7. The van der Waals surface area contributed by atoms with Crippen LogP contribution in [0.1, 0.15) is 21.2 Å². The first-order chi connectivity index (χ1) is 19.9. The Labute approximate surface area is 247 Å². The van der Waals surface area contributed by atoms with Gasteiger partial charge in [-0.3, -0.25) is 9.59 Å². The lowest BCUT2D eigenvalue weighted by Gasteiger charge is -2.19. The van der Waals surface area contributed by atoms with Gasteiger partial charge in [0.25, 0.3) is 5.91 Å². The summed E-state index contributed by atoms with van der Waals surface area (Å²) in [5.74, 6) is 0.449. The van der Waals surface area contributed by atoms with Crippen LogP contribution in [0.25, 0.3) is 10.8 Å². The Morgan fingerprint density at radius 3 is 2.12 bits per heavy atom. The van der Waals surface area contributed by atoms with E-state index < -0.39 is 5.25 Å². The van der Waals surface area contributed by atoms with Crippen molar-refractivity contribution in [2.24, 2.45) is 0 Å². The third-order valence-corrected chi connectivity index (χ3v) is 8.01. The molecular formula is C33H27ClN2O4S. The number of carbonyl (C=O) groups excluding carboxylic acids is 2. The van der Waals surface area contributed by atoms with Crippen LogP contribution in [-0.4, -0.2) is 26.0 Å². The Morgan fingerprint density at radius 1 is 0.732 bits per heavy atom. The van der Waals surface area contributed by atoms with Crippen molar-refractivity contribution in [1.82, 2.24) is 0 Å². The van der Waals surface area contributed by atoms with Gasteiger partial charge in [0.2, 0.25) is 5.91 Å². The van der Waals surface area contributed by atoms with Crippen molar-refractivity contribution in [1.29, 1.82) is 0 Å². The summed E-state index contributed by atoms with van der Waals surface area (Å²) >= 11 is 7.71. The number of ether oxygens (including phenoxy) is 2. The van der Waals surface area contributed by atoms with Crippen LogP contribution in [0, 0.1) is 0 Å². The fourth-order valence-corrected chi connectivity index (χ4v) is 5.61. The van der Waals surface area contributed by atoms with Crippen molar-refractivity contribution < 1.29 is 19.1 Å². The lowest BCUT2D eigenvalue weighted by atomic mass is 10.1. The highest BCUT2D eigenvalue weighted by Gasteiger charge is 2.24. The first-order valence-corrected chi connectivity index (χ1v) is 14.0. The highest BCUT2D eigenvalue weighted by atomic mass is 35.5. The van der Waals surface area contributed by atoms with Crippen molar-refractivity contribution in [3.05, 3.63) is 125 Å². The average molecular weight is 583 g/mol. The topological polar surface area (TPSA) is 76.7 Å². The zero-order chi connectivity index (χ0) is 28.8. The molecule has 1 atom stereocenters. The van der Waals surface area contributed by atoms with Crippen molar-refractivity contribution in [3.63, 3.8) is 0 Å². The molecule has 0 fully saturated rings. The molecule has 0 aromatic heterocycles. The van der Waals surface area contributed by atoms with Crippen LogP contribution in [0.5, 0.6) is 11.5 Å². The van der Waals surface area contributed by atoms with E-state index in [9.17, 15) is 9.59 Å². The maximum absolute atomic E-state index is 13.6. The van der Waals surface area contributed by atoms with Crippen LogP contribution in [-0.2, 0) is 4.79 Å². The largest absolute Gasteiger partial charge is 0.495 e. The summed E-state index contributed by atoms with van der Waals surface area (Å²) in [5, 5.41) is 7.78. The minimum atomic E-state index is -0.570. The molecule has 6 nitrogen and oxygen atoms in total. The van der Waals surface area contributed by atoms with E-state index in [2.05, 4.69) is 10.6 Å². The van der Waals surface area contributed by atoms with Crippen molar-refractivity contribution in [2.75, 3.05) is 24.9 Å². The van der Waals surface area contributed by atoms with E-state index in [0.717, 1.165) is 21.2 Å². The highest BCUT2D eigenvalue weighted by Crippen LogP contribution is 2.40. The normalized spacial score (nSPS) is 11.5. The molecule has 0 spiro atoms. The van der Waals surface area contributed by atoms with E-state index in [0.29, 0.717) is 33.5 Å². The SMILES string of the molecule is COc1cc(OC)c(NC(=O)C(Sc2ccc(NC(=O)c3ccc4ccccc4c3)cc2)c2ccccc2)cc1Cl. The summed E-state index contributed by atoms with van der Waals surface area (Å²) in [6.45, 7) is 0. The van der Waals surface area contributed by atoms with E-state index in [1.807, 2.05) is 97.1 Å². The lowest BCUT2D eigenvalue weighted by molar-refractivity contribution is -0.115. The zero-order valence-corrected chi connectivity index (χ0v) is 24.0. The number of anilines is 2. The molecule has 0 aliphatic carbocycles. The van der Waals surface area contributed by atoms with Gasteiger partial charge < -0.3 is 20.1 Å². The van der Waals surface area contributed by atoms with E-state index in [4.69, 9.17) is 21.1 Å². The number of rotatable bonds is 9. The Bertz CT molecular complexity index is 1690. The number of carbonyl (C=O) groups is 2. The standard InChI is InChI=1S/C33H27ClN2O4S/c1-39-29-20-30(40-2)28(19-27(29)34)36-33(38)31(22-9-4-3-5-10-22)41-26-16-14-25(15-17-26)35-32(37)24-13-12-21-8-6-7-11-23(21)18-24/h3-20,31H,1-2H3,(H,35,37)(H,36,38). The van der Waals surface area contributed by atoms with Crippen LogP contribution in [0.4, 0.5) is 11.4 Å². The molecule has 41 heavy (non-hydrogen) atoms. The van der Waals surface area contributed by atoms with Gasteiger partial charge in [0.05, 0.1) is 24.9 Å². The minimum absolute atomic E-state index is 0.190. The van der Waals surface area contributed by atoms with Gasteiger partial charge in [-0.25, -0.2) is 0 Å². The third kappa shape index (κ3) is 6.65. The van der Waals surface area contributed by atoms with Crippen molar-refractivity contribution >= 4 is 57.3 Å². The van der Waals surface area contributed by atoms with E-state index in [1.54, 1.807) is 12.1 Å². The maximum Gasteiger partial charge on any atom is 0.255 e. The summed E-state index contributed by atoms with van der Waals surface area (Å²) in [5.41, 5.74) is 2.52. The highest BCUT2D eigenvalue weighted by molar-refractivity contribution is 8.00. The maximum atomic E-state index is 13.6. The first kappa shape index (κ1) is 28.1. The van der Waals surface area contributed by atoms with Gasteiger partial charge >= 0.3 is 0 Å². The van der Waals surface area contributed by atoms with Crippen molar-refractivity contribution in [3.8, 4) is 11.5 Å². The van der Waals surface area contributed by atoms with Crippen LogP contribution >= 0.6 is 23.4 Å². The molecule has 1 unspecified atom stereocenters. The third-order valence-electron chi connectivity index (χ3n) is 6.45. The van der Waals surface area contributed by atoms with Crippen LogP contribution < -0.4 is 20.1 Å². The number of amides is 2. The van der Waals surface area contributed by atoms with Gasteiger partial charge in [-0.1, -0.05) is 72.3 Å². The Morgan fingerprint density at radius 2 is 1.41 bits per heavy atom. The quantitative estimate of drug-likeness (QED) is 0.171. The summed E-state index contributed by atoms with van der Waals surface area (Å²) in [6.07, 6.45) is 0. The number of thioether (sulfide) groups is 1. The number of fused-ring (bicyclic) bond motifs is 1. The Kier molecular flexibility index (Phi) is 8.77. The average Bonchev–Trinajstić information content (AvgIpc) is 3.01. The zero-order valence-electron chi connectivity index (χ0n) is 22.4. The van der Waals surface area contributed by atoms with E-state index >= 15 is 0 Å². The predicted molar refractivity (Wildman–Crippen MR) is 167 cm³/mol. The Hall–Kier alpha value is -4.46. The monoisotopic (exact) mass is 582 g/mol. The van der Waals surface area contributed by atoms with Gasteiger partial charge in [0, 0.05) is 22.2 Å². The molecule has 0 bridgehead atoms. The van der Waals surface area contributed by atoms with Gasteiger partial charge in [-0.2, -0.15) is 0 Å². The fraction of sp³-hybridized carbons (Fsp3) is 0.0909. The molecule has 5 aromatic rings. The number of hydrogen-bond donors (Lipinski definition) is 2. The Balaban J connectivity index is 1.32. The van der Waals surface area contributed by atoms with Crippen molar-refractivity contribution in [2.45, 2.75) is 10.1 Å². The number of halogens is 1. The molecule has 0 heterocycles. The van der Waals surface area contributed by atoms with Crippen LogP contribution in [0.2, 0.25) is 5.02 Å². The molecule has 8 heteroatoms. The van der Waals surface area contributed by atoms with Crippen LogP contribution in [0.3, 0.4) is 0 Å². The molecule has 0 radical (unpaired) electrons. The second-order valence-corrected chi connectivity index (χ2v) is 10.7. The van der Waals surface area contributed by atoms with Crippen LogP contribution in [0.15, 0.2) is 114 Å². The lowest BCUT2D eigenvalue weighted by Crippen LogP contribution is -2.19. The van der Waals surface area contributed by atoms with Gasteiger partial charge in [-0.15, -0.1) is 11.8 Å². The molecule has 2 amide bonds. The smallest absolute Gasteiger partial charge is 0.255 e. The molecule has 0 saturated carbocycles.